The van der Waals surface area contributed by atoms with Crippen molar-refractivity contribution < 1.29 is 9.90 Å². The molecule has 1 aromatic rings. The van der Waals surface area contributed by atoms with E-state index < -0.39 is 5.97 Å². The first kappa shape index (κ1) is 9.51. The van der Waals surface area contributed by atoms with Gasteiger partial charge in [-0.3, -0.25) is 4.99 Å². The molecule has 0 aromatic heterocycles. The Morgan fingerprint density at radius 1 is 1.40 bits per heavy atom. The Balaban J connectivity index is 2.24. The average Bonchev–Trinajstić information content (AvgIpc) is 2.65. The number of anilines is 1. The fraction of sp³-hybridized carbons (Fsp3) is 0.200. The van der Waals surface area contributed by atoms with E-state index in [-0.39, 0.29) is 5.56 Å². The molecule has 0 unspecified atom stereocenters. The highest BCUT2D eigenvalue weighted by atomic mass is 16.4. The van der Waals surface area contributed by atoms with Gasteiger partial charge in [-0.15, -0.1) is 0 Å². The monoisotopic (exact) mass is 205 g/mol. The van der Waals surface area contributed by atoms with Crippen molar-refractivity contribution >= 4 is 17.6 Å². The summed E-state index contributed by atoms with van der Waals surface area (Å²) in [6.45, 7) is 1.44. The van der Waals surface area contributed by atoms with E-state index in [2.05, 4.69) is 4.99 Å². The highest BCUT2D eigenvalue weighted by molar-refractivity contribution is 5.97. The van der Waals surface area contributed by atoms with Crippen LogP contribution in [0.4, 0.5) is 5.69 Å². The lowest BCUT2D eigenvalue weighted by Gasteiger charge is -2.17. The van der Waals surface area contributed by atoms with Gasteiger partial charge in [-0.25, -0.2) is 4.79 Å². The van der Waals surface area contributed by atoms with Crippen molar-refractivity contribution in [2.75, 3.05) is 18.0 Å². The number of hydrogen-bond donors (Lipinski definition) is 2. The van der Waals surface area contributed by atoms with E-state index in [0.29, 0.717) is 12.5 Å². The van der Waals surface area contributed by atoms with Gasteiger partial charge in [0.15, 0.2) is 5.96 Å². The van der Waals surface area contributed by atoms with E-state index in [1.807, 2.05) is 4.90 Å². The number of aromatic carboxylic acids is 1. The van der Waals surface area contributed by atoms with Crippen molar-refractivity contribution in [1.29, 1.82) is 0 Å². The van der Waals surface area contributed by atoms with Gasteiger partial charge in [0.25, 0.3) is 0 Å². The minimum absolute atomic E-state index is 0.272. The molecule has 0 fully saturated rings. The minimum Gasteiger partial charge on any atom is -0.478 e. The van der Waals surface area contributed by atoms with Crippen molar-refractivity contribution in [3.63, 3.8) is 0 Å². The third-order valence-electron chi connectivity index (χ3n) is 2.30. The molecule has 1 aromatic carbocycles. The number of nitrogens with zero attached hydrogens (tertiary/aromatic N) is 2. The molecule has 0 amide bonds. The predicted molar refractivity (Wildman–Crippen MR) is 57.2 cm³/mol. The van der Waals surface area contributed by atoms with Crippen LogP contribution in [0.5, 0.6) is 0 Å². The van der Waals surface area contributed by atoms with E-state index in [1.165, 1.54) is 0 Å². The number of rotatable bonds is 2. The van der Waals surface area contributed by atoms with Crippen LogP contribution < -0.4 is 10.6 Å². The number of benzene rings is 1. The van der Waals surface area contributed by atoms with E-state index in [4.69, 9.17) is 10.8 Å². The maximum Gasteiger partial charge on any atom is 0.335 e. The second-order valence-corrected chi connectivity index (χ2v) is 3.24. The van der Waals surface area contributed by atoms with Gasteiger partial charge in [0.05, 0.1) is 12.1 Å². The van der Waals surface area contributed by atoms with Gasteiger partial charge in [0, 0.05) is 12.2 Å². The molecule has 3 N–H and O–H groups in total. The normalized spacial score (nSPS) is 15.2. The molecule has 1 aliphatic heterocycles. The Hall–Kier alpha value is -2.04. The number of nitrogens with two attached hydrogens (primary N) is 1. The number of aliphatic imine (C=N–C) groups is 1. The highest BCUT2D eigenvalue weighted by Crippen LogP contribution is 2.17. The second-order valence-electron chi connectivity index (χ2n) is 3.24. The quantitative estimate of drug-likeness (QED) is 0.737. The zero-order valence-electron chi connectivity index (χ0n) is 8.05. The van der Waals surface area contributed by atoms with Gasteiger partial charge in [-0.05, 0) is 24.3 Å². The van der Waals surface area contributed by atoms with Crippen LogP contribution in [0.3, 0.4) is 0 Å². The van der Waals surface area contributed by atoms with Crippen LogP contribution in [-0.2, 0) is 0 Å². The second kappa shape index (κ2) is 3.61. The van der Waals surface area contributed by atoms with Gasteiger partial charge in [-0.1, -0.05) is 0 Å². The Labute approximate surface area is 86.8 Å². The molecule has 15 heavy (non-hydrogen) atoms. The molecular weight excluding hydrogens is 194 g/mol. The maximum atomic E-state index is 10.6. The third-order valence-corrected chi connectivity index (χ3v) is 2.30. The third kappa shape index (κ3) is 1.76. The Morgan fingerprint density at radius 2 is 2.07 bits per heavy atom. The van der Waals surface area contributed by atoms with E-state index in [0.717, 1.165) is 12.2 Å². The number of carbonyl (C=O) groups is 1. The fourth-order valence-electron chi connectivity index (χ4n) is 1.51. The molecule has 5 heteroatoms. The Bertz CT molecular complexity index is 411. The van der Waals surface area contributed by atoms with Gasteiger partial charge in [-0.2, -0.15) is 0 Å². The van der Waals surface area contributed by atoms with Crippen molar-refractivity contribution in [2.24, 2.45) is 10.7 Å². The van der Waals surface area contributed by atoms with Gasteiger partial charge < -0.3 is 15.7 Å². The summed E-state index contributed by atoms with van der Waals surface area (Å²) in [6.07, 6.45) is 0. The largest absolute Gasteiger partial charge is 0.478 e. The average molecular weight is 205 g/mol. The van der Waals surface area contributed by atoms with E-state index in [9.17, 15) is 4.79 Å². The molecule has 78 valence electrons. The number of hydrogen-bond acceptors (Lipinski definition) is 4. The van der Waals surface area contributed by atoms with Gasteiger partial charge >= 0.3 is 5.97 Å². The molecule has 1 aliphatic rings. The van der Waals surface area contributed by atoms with Crippen LogP contribution in [0, 0.1) is 0 Å². The summed E-state index contributed by atoms with van der Waals surface area (Å²) in [7, 11) is 0. The molecule has 0 aliphatic carbocycles. The Morgan fingerprint density at radius 3 is 2.53 bits per heavy atom. The zero-order chi connectivity index (χ0) is 10.8. The SMILES string of the molecule is NC1=NCCN1c1ccc(C(=O)O)cc1. The lowest BCUT2D eigenvalue weighted by Crippen LogP contribution is -2.33. The van der Waals surface area contributed by atoms with Gasteiger partial charge in [0.1, 0.15) is 0 Å². The van der Waals surface area contributed by atoms with Crippen LogP contribution in [0.25, 0.3) is 0 Å². The van der Waals surface area contributed by atoms with E-state index in [1.54, 1.807) is 24.3 Å². The molecule has 5 nitrogen and oxygen atoms in total. The van der Waals surface area contributed by atoms with Crippen molar-refractivity contribution in [2.45, 2.75) is 0 Å². The molecule has 0 saturated carbocycles. The highest BCUT2D eigenvalue weighted by Gasteiger charge is 2.15. The van der Waals surface area contributed by atoms with Gasteiger partial charge in [0.2, 0.25) is 0 Å². The lowest BCUT2D eigenvalue weighted by molar-refractivity contribution is 0.0697. The molecular formula is C10H11N3O2. The smallest absolute Gasteiger partial charge is 0.335 e. The van der Waals surface area contributed by atoms with Crippen molar-refractivity contribution in [1.82, 2.24) is 0 Å². The molecule has 0 atom stereocenters. The molecule has 0 saturated heterocycles. The summed E-state index contributed by atoms with van der Waals surface area (Å²) >= 11 is 0. The summed E-state index contributed by atoms with van der Waals surface area (Å²) in [5, 5.41) is 8.73. The number of guanidine groups is 1. The molecule has 0 spiro atoms. The maximum absolute atomic E-state index is 10.6. The molecule has 0 radical (unpaired) electrons. The molecule has 1 heterocycles. The topological polar surface area (TPSA) is 78.9 Å². The van der Waals surface area contributed by atoms with Crippen LogP contribution in [0.15, 0.2) is 29.3 Å². The first-order valence-electron chi connectivity index (χ1n) is 4.59. The summed E-state index contributed by atoms with van der Waals surface area (Å²) in [5.41, 5.74) is 6.81. The number of carboxylic acids is 1. The fourth-order valence-corrected chi connectivity index (χ4v) is 1.51. The van der Waals surface area contributed by atoms with Crippen molar-refractivity contribution in [3.8, 4) is 0 Å². The number of carboxylic acid groups (broad SMARTS) is 1. The zero-order valence-corrected chi connectivity index (χ0v) is 8.05. The van der Waals surface area contributed by atoms with Crippen LogP contribution >= 0.6 is 0 Å². The Kier molecular flexibility index (Phi) is 2.29. The molecule has 0 bridgehead atoms. The summed E-state index contributed by atoms with van der Waals surface area (Å²) in [5.74, 6) is -0.442. The first-order chi connectivity index (χ1) is 7.18. The van der Waals surface area contributed by atoms with E-state index >= 15 is 0 Å². The molecule has 2 rings (SSSR count). The van der Waals surface area contributed by atoms with Crippen LogP contribution in [0.1, 0.15) is 10.4 Å². The summed E-state index contributed by atoms with van der Waals surface area (Å²) < 4.78 is 0. The minimum atomic E-state index is -0.926. The summed E-state index contributed by atoms with van der Waals surface area (Å²) in [6, 6.07) is 6.58. The van der Waals surface area contributed by atoms with Crippen LogP contribution in [-0.4, -0.2) is 30.1 Å². The lowest BCUT2D eigenvalue weighted by atomic mass is 10.2. The van der Waals surface area contributed by atoms with Crippen molar-refractivity contribution in [3.05, 3.63) is 29.8 Å². The predicted octanol–water partition coefficient (Wildman–Crippen LogP) is 0.519. The summed E-state index contributed by atoms with van der Waals surface area (Å²) in [4.78, 5) is 16.5. The van der Waals surface area contributed by atoms with Crippen LogP contribution in [0.2, 0.25) is 0 Å². The standard InChI is InChI=1S/C10H11N3O2/c11-10-12-5-6-13(10)8-3-1-7(2-4-8)9(14)15/h1-4H,5-6H2,(H2,11,12)(H,14,15). The first-order valence-corrected chi connectivity index (χ1v) is 4.59.